The van der Waals surface area contributed by atoms with Gasteiger partial charge in [0.15, 0.2) is 0 Å². The van der Waals surface area contributed by atoms with Gasteiger partial charge in [-0.2, -0.15) is 0 Å². The van der Waals surface area contributed by atoms with Gasteiger partial charge in [0.25, 0.3) is 0 Å². The molecule has 0 radical (unpaired) electrons. The Morgan fingerprint density at radius 2 is 1.15 bits per heavy atom. The maximum absolute atomic E-state index is 9.50. The topological polar surface area (TPSA) is 31.5 Å². The molecule has 1 saturated carbocycles. The van der Waals surface area contributed by atoms with Crippen molar-refractivity contribution in [3.63, 3.8) is 0 Å². The van der Waals surface area contributed by atoms with Crippen molar-refractivity contribution < 1.29 is 9.87 Å². The molecule has 13 heavy (non-hydrogen) atoms. The van der Waals surface area contributed by atoms with E-state index in [1.807, 2.05) is 13.8 Å². The van der Waals surface area contributed by atoms with Crippen LogP contribution in [0.1, 0.15) is 59.3 Å². The van der Waals surface area contributed by atoms with E-state index in [0.29, 0.717) is 7.18 Å². The van der Waals surface area contributed by atoms with E-state index >= 15 is 0 Å². The van der Waals surface area contributed by atoms with Gasteiger partial charge in [-0.3, -0.25) is 4.39 Å². The third kappa shape index (κ3) is 14.7. The van der Waals surface area contributed by atoms with Crippen LogP contribution in [0.5, 0.6) is 0 Å². The molecule has 0 heterocycles. The van der Waals surface area contributed by atoms with Gasteiger partial charge in [-0.25, -0.2) is 0 Å². The highest BCUT2D eigenvalue weighted by molar-refractivity contribution is 4.58. The minimum atomic E-state index is 0. The number of halogens is 1. The predicted molar refractivity (Wildman–Crippen MR) is 58.9 cm³/mol. The van der Waals surface area contributed by atoms with E-state index in [9.17, 15) is 4.39 Å². The van der Waals surface area contributed by atoms with E-state index in [0.717, 1.165) is 5.92 Å². The minimum absolute atomic E-state index is 0. The van der Waals surface area contributed by atoms with Crippen molar-refractivity contribution in [3.05, 3.63) is 0 Å². The first kappa shape index (κ1) is 18.6. The van der Waals surface area contributed by atoms with Crippen LogP contribution in [0.25, 0.3) is 0 Å². The zero-order chi connectivity index (χ0) is 9.82. The molecule has 1 rings (SSSR count). The monoisotopic (exact) mass is 194 g/mol. The Hall–Kier alpha value is -0.110. The fourth-order valence-corrected chi connectivity index (χ4v) is 1.48. The number of hydrogen-bond acceptors (Lipinski definition) is 0. The van der Waals surface area contributed by atoms with Gasteiger partial charge in [-0.15, -0.1) is 0 Å². The molecule has 1 aliphatic rings. The second-order valence-electron chi connectivity index (χ2n) is 3.10. The van der Waals surface area contributed by atoms with Crippen molar-refractivity contribution in [2.45, 2.75) is 59.3 Å². The molecule has 0 amide bonds. The maximum Gasteiger partial charge on any atom is 0.0785 e. The third-order valence-electron chi connectivity index (χ3n) is 2.14. The summed E-state index contributed by atoms with van der Waals surface area (Å²) in [6.07, 6.45) is 8.93. The van der Waals surface area contributed by atoms with Crippen molar-refractivity contribution >= 4 is 0 Å². The molecule has 0 aliphatic heterocycles. The minimum Gasteiger partial charge on any atom is -0.412 e. The van der Waals surface area contributed by atoms with Gasteiger partial charge in [-0.05, 0) is 5.92 Å². The standard InChI is InChI=1S/C8H16.C2H6.CH3F.H2O/c1-8-6-4-2-3-5-7-8;2*1-2;/h8H,2-7H2,1H3;1-2H3;1H3;1H2. The van der Waals surface area contributed by atoms with E-state index < -0.39 is 0 Å². The first-order valence-corrected chi connectivity index (χ1v) is 5.27. The largest absolute Gasteiger partial charge is 0.412 e. The van der Waals surface area contributed by atoms with E-state index in [2.05, 4.69) is 6.92 Å². The molecular formula is C11H27FO. The smallest absolute Gasteiger partial charge is 0.0785 e. The van der Waals surface area contributed by atoms with Crippen LogP contribution in [-0.2, 0) is 0 Å². The van der Waals surface area contributed by atoms with Gasteiger partial charge in [0, 0.05) is 0 Å². The SMILES string of the molecule is CC.CC1CCCCCC1.CF.O. The molecular weight excluding hydrogens is 167 g/mol. The molecule has 84 valence electrons. The second kappa shape index (κ2) is 17.8. The van der Waals surface area contributed by atoms with Crippen LogP contribution in [-0.4, -0.2) is 12.7 Å². The highest BCUT2D eigenvalue weighted by atomic mass is 19.1. The van der Waals surface area contributed by atoms with Crippen molar-refractivity contribution in [2.75, 3.05) is 7.18 Å². The molecule has 1 nitrogen and oxygen atoms in total. The van der Waals surface area contributed by atoms with Crippen molar-refractivity contribution in [1.82, 2.24) is 0 Å². The molecule has 2 heteroatoms. The lowest BCUT2D eigenvalue weighted by molar-refractivity contribution is 0.505. The number of rotatable bonds is 0. The molecule has 0 atom stereocenters. The summed E-state index contributed by atoms with van der Waals surface area (Å²) in [7, 11) is 0.500. The summed E-state index contributed by atoms with van der Waals surface area (Å²) in [5.41, 5.74) is 0. The molecule has 1 aliphatic carbocycles. The molecule has 2 N–H and O–H groups in total. The van der Waals surface area contributed by atoms with E-state index in [1.54, 1.807) is 0 Å². The Morgan fingerprint density at radius 3 is 1.46 bits per heavy atom. The summed E-state index contributed by atoms with van der Waals surface area (Å²) in [6, 6.07) is 0. The molecule has 0 aromatic heterocycles. The highest BCUT2D eigenvalue weighted by Gasteiger charge is 2.04. The summed E-state index contributed by atoms with van der Waals surface area (Å²) in [5, 5.41) is 0. The zero-order valence-corrected chi connectivity index (χ0v) is 9.70. The summed E-state index contributed by atoms with van der Waals surface area (Å²) >= 11 is 0. The molecule has 0 unspecified atom stereocenters. The fourth-order valence-electron chi connectivity index (χ4n) is 1.48. The van der Waals surface area contributed by atoms with Gasteiger partial charge in [0.2, 0.25) is 0 Å². The normalized spacial score (nSPS) is 16.4. The lowest BCUT2D eigenvalue weighted by Gasteiger charge is -2.02. The Labute approximate surface area is 83.0 Å². The van der Waals surface area contributed by atoms with Gasteiger partial charge in [-0.1, -0.05) is 59.3 Å². The molecule has 0 saturated heterocycles. The number of hydrogen-bond donors (Lipinski definition) is 0. The van der Waals surface area contributed by atoms with Crippen LogP contribution in [0, 0.1) is 5.92 Å². The Kier molecular flexibility index (Phi) is 25.6. The van der Waals surface area contributed by atoms with E-state index in [1.165, 1.54) is 38.5 Å². The Bertz CT molecular complexity index is 59.1. The molecule has 0 spiro atoms. The predicted octanol–water partition coefficient (Wildman–Crippen LogP) is 3.76. The van der Waals surface area contributed by atoms with Gasteiger partial charge in [0.05, 0.1) is 7.18 Å². The van der Waals surface area contributed by atoms with E-state index in [-0.39, 0.29) is 5.48 Å². The molecule has 0 aromatic rings. The maximum atomic E-state index is 9.50. The molecule has 1 fully saturated rings. The highest BCUT2D eigenvalue weighted by Crippen LogP contribution is 2.21. The molecule has 0 bridgehead atoms. The van der Waals surface area contributed by atoms with Crippen LogP contribution in [0.2, 0.25) is 0 Å². The third-order valence-corrected chi connectivity index (χ3v) is 2.14. The summed E-state index contributed by atoms with van der Waals surface area (Å²) < 4.78 is 9.50. The van der Waals surface area contributed by atoms with E-state index in [4.69, 9.17) is 0 Å². The average Bonchev–Trinajstić information content (AvgIpc) is 2.40. The summed E-state index contributed by atoms with van der Waals surface area (Å²) in [5.74, 6) is 1.03. The fraction of sp³-hybridized carbons (Fsp3) is 1.00. The lowest BCUT2D eigenvalue weighted by atomic mass is 10.0. The quantitative estimate of drug-likeness (QED) is 0.526. The average molecular weight is 194 g/mol. The van der Waals surface area contributed by atoms with Crippen LogP contribution >= 0.6 is 0 Å². The van der Waals surface area contributed by atoms with Crippen molar-refractivity contribution in [1.29, 1.82) is 0 Å². The van der Waals surface area contributed by atoms with Crippen molar-refractivity contribution in [3.8, 4) is 0 Å². The van der Waals surface area contributed by atoms with Crippen LogP contribution in [0.3, 0.4) is 0 Å². The van der Waals surface area contributed by atoms with Crippen molar-refractivity contribution in [2.24, 2.45) is 5.92 Å². The Morgan fingerprint density at radius 1 is 0.846 bits per heavy atom. The zero-order valence-electron chi connectivity index (χ0n) is 9.70. The molecule has 0 aromatic carbocycles. The first-order chi connectivity index (χ1) is 5.89. The van der Waals surface area contributed by atoms with Crippen LogP contribution in [0.15, 0.2) is 0 Å². The van der Waals surface area contributed by atoms with Crippen LogP contribution in [0.4, 0.5) is 4.39 Å². The first-order valence-electron chi connectivity index (χ1n) is 5.27. The van der Waals surface area contributed by atoms with Gasteiger partial charge >= 0.3 is 0 Å². The Balaban J connectivity index is -0.000000178. The summed E-state index contributed by atoms with van der Waals surface area (Å²) in [6.45, 7) is 6.38. The van der Waals surface area contributed by atoms with Gasteiger partial charge in [0.1, 0.15) is 0 Å². The second-order valence-corrected chi connectivity index (χ2v) is 3.10. The summed E-state index contributed by atoms with van der Waals surface area (Å²) in [4.78, 5) is 0. The number of alkyl halides is 1. The lowest BCUT2D eigenvalue weighted by Crippen LogP contribution is -1.88. The van der Waals surface area contributed by atoms with Crippen LogP contribution < -0.4 is 0 Å². The van der Waals surface area contributed by atoms with Gasteiger partial charge < -0.3 is 5.48 Å².